The number of nitrogens with zero attached hydrogens (tertiary/aromatic N) is 1. The van der Waals surface area contributed by atoms with Gasteiger partial charge in [0.15, 0.2) is 0 Å². The molecule has 0 saturated carbocycles. The van der Waals surface area contributed by atoms with E-state index in [-0.39, 0.29) is 0 Å². The normalized spacial score (nSPS) is 11.2. The molecule has 0 aliphatic heterocycles. The predicted molar refractivity (Wildman–Crippen MR) is 80.8 cm³/mol. The van der Waals surface area contributed by atoms with Crippen LogP contribution >= 0.6 is 0 Å². The van der Waals surface area contributed by atoms with Crippen molar-refractivity contribution in [2.45, 2.75) is 6.92 Å². The van der Waals surface area contributed by atoms with Gasteiger partial charge in [-0.05, 0) is 27.6 Å². The van der Waals surface area contributed by atoms with E-state index < -0.39 is 5.97 Å². The molecule has 3 heteroatoms. The van der Waals surface area contributed by atoms with Gasteiger partial charge in [0.1, 0.15) is 0 Å². The maximum absolute atomic E-state index is 10.8. The van der Waals surface area contributed by atoms with Crippen molar-refractivity contribution in [2.75, 3.05) is 0 Å². The summed E-state index contributed by atoms with van der Waals surface area (Å²) in [6, 6.07) is 18.3. The summed E-state index contributed by atoms with van der Waals surface area (Å²) in [5, 5.41) is 8.21. The average molecular weight is 263 g/mol. The molecule has 0 unspecified atom stereocenters. The van der Waals surface area contributed by atoms with E-state index in [2.05, 4.69) is 28.2 Å². The minimum absolute atomic E-state index is 0.425. The fourth-order valence-corrected chi connectivity index (χ4v) is 2.34. The van der Waals surface area contributed by atoms with Gasteiger partial charge in [-0.1, -0.05) is 53.7 Å². The number of rotatable bonds is 2. The summed E-state index contributed by atoms with van der Waals surface area (Å²) >= 11 is 0. The number of hydrogen-bond donors (Lipinski definition) is 0. The molecule has 0 aromatic heterocycles. The van der Waals surface area contributed by atoms with Gasteiger partial charge in [-0.3, -0.25) is 0 Å². The van der Waals surface area contributed by atoms with Crippen LogP contribution in [-0.4, -0.2) is 12.2 Å². The van der Waals surface area contributed by atoms with Crippen molar-refractivity contribution in [3.63, 3.8) is 0 Å². The van der Waals surface area contributed by atoms with Gasteiger partial charge in [0.25, 0.3) is 0 Å². The highest BCUT2D eigenvalue weighted by atomic mass is 16.7. The van der Waals surface area contributed by atoms with Crippen LogP contribution in [0, 0.1) is 0 Å². The molecule has 98 valence electrons. The molecule has 0 bridgehead atoms. The van der Waals surface area contributed by atoms with E-state index in [1.807, 2.05) is 36.4 Å². The van der Waals surface area contributed by atoms with Gasteiger partial charge in [0, 0.05) is 12.5 Å². The smallest absolute Gasteiger partial charge is 0.319 e. The second-order valence-electron chi connectivity index (χ2n) is 4.55. The van der Waals surface area contributed by atoms with Crippen LogP contribution in [0.4, 0.5) is 0 Å². The Kier molecular flexibility index (Phi) is 3.17. The van der Waals surface area contributed by atoms with Gasteiger partial charge in [-0.15, -0.1) is 0 Å². The van der Waals surface area contributed by atoms with Crippen LogP contribution in [0.15, 0.2) is 59.8 Å². The monoisotopic (exact) mass is 263 g/mol. The molecule has 20 heavy (non-hydrogen) atoms. The number of carbonyl (C=O) groups is 1. The first-order chi connectivity index (χ1) is 9.75. The molecular formula is C17H13NO2. The fraction of sp³-hybridized carbons (Fsp3) is 0.0588. The molecule has 3 rings (SSSR count). The van der Waals surface area contributed by atoms with Crippen molar-refractivity contribution >= 4 is 33.7 Å². The SMILES string of the molecule is CC(=O)O/N=C\c1c2ccccc2cc2ccccc12. The Balaban J connectivity index is 2.27. The Bertz CT molecular complexity index is 767. The molecule has 0 radical (unpaired) electrons. The molecule has 0 N–H and O–H groups in total. The van der Waals surface area contributed by atoms with Crippen molar-refractivity contribution in [3.05, 3.63) is 60.2 Å². The molecular weight excluding hydrogens is 250 g/mol. The summed E-state index contributed by atoms with van der Waals surface area (Å²) in [5.74, 6) is -0.425. The lowest BCUT2D eigenvalue weighted by Crippen LogP contribution is -1.93. The average Bonchev–Trinajstić information content (AvgIpc) is 2.46. The summed E-state index contributed by atoms with van der Waals surface area (Å²) in [6.45, 7) is 1.33. The topological polar surface area (TPSA) is 38.7 Å². The van der Waals surface area contributed by atoms with E-state index in [1.54, 1.807) is 6.21 Å². The lowest BCUT2D eigenvalue weighted by atomic mass is 9.97. The molecule has 0 amide bonds. The van der Waals surface area contributed by atoms with Crippen molar-refractivity contribution in [1.29, 1.82) is 0 Å². The standard InChI is InChI=1S/C17H13NO2/c1-12(19)20-18-11-17-15-8-4-2-6-13(15)10-14-7-3-5-9-16(14)17/h2-11H,1H3/b18-11-. The van der Waals surface area contributed by atoms with E-state index in [4.69, 9.17) is 0 Å². The summed E-state index contributed by atoms with van der Waals surface area (Å²) in [4.78, 5) is 15.5. The number of benzene rings is 3. The van der Waals surface area contributed by atoms with Gasteiger partial charge in [0.05, 0.1) is 6.21 Å². The third kappa shape index (κ3) is 2.26. The van der Waals surface area contributed by atoms with Gasteiger partial charge in [-0.25, -0.2) is 4.79 Å². The third-order valence-corrected chi connectivity index (χ3v) is 3.18. The van der Waals surface area contributed by atoms with Crippen LogP contribution in [0.25, 0.3) is 21.5 Å². The van der Waals surface area contributed by atoms with Crippen molar-refractivity contribution in [2.24, 2.45) is 5.16 Å². The highest BCUT2D eigenvalue weighted by Crippen LogP contribution is 2.27. The molecule has 0 spiro atoms. The van der Waals surface area contributed by atoms with E-state index in [9.17, 15) is 4.79 Å². The molecule has 0 aliphatic rings. The Labute approximate surface area is 116 Å². The van der Waals surface area contributed by atoms with Crippen LogP contribution in [0.5, 0.6) is 0 Å². The van der Waals surface area contributed by atoms with Gasteiger partial charge in [-0.2, -0.15) is 0 Å². The van der Waals surface area contributed by atoms with Crippen molar-refractivity contribution in [1.82, 2.24) is 0 Å². The van der Waals surface area contributed by atoms with Gasteiger partial charge < -0.3 is 4.84 Å². The Morgan fingerprint density at radius 3 is 2.10 bits per heavy atom. The lowest BCUT2D eigenvalue weighted by Gasteiger charge is -2.07. The molecule has 0 fully saturated rings. The number of oxime groups is 1. The highest BCUT2D eigenvalue weighted by Gasteiger charge is 2.05. The predicted octanol–water partition coefficient (Wildman–Crippen LogP) is 3.89. The molecule has 3 aromatic carbocycles. The first kappa shape index (κ1) is 12.4. The maximum atomic E-state index is 10.8. The minimum Gasteiger partial charge on any atom is -0.319 e. The van der Waals surface area contributed by atoms with Crippen LogP contribution in [0.3, 0.4) is 0 Å². The first-order valence-electron chi connectivity index (χ1n) is 6.37. The van der Waals surface area contributed by atoms with Crippen LogP contribution in [0.2, 0.25) is 0 Å². The third-order valence-electron chi connectivity index (χ3n) is 3.18. The summed E-state index contributed by atoms with van der Waals surface area (Å²) < 4.78 is 0. The summed E-state index contributed by atoms with van der Waals surface area (Å²) in [7, 11) is 0. The second-order valence-corrected chi connectivity index (χ2v) is 4.55. The molecule has 3 aromatic rings. The van der Waals surface area contributed by atoms with Gasteiger partial charge >= 0.3 is 5.97 Å². The van der Waals surface area contributed by atoms with Crippen LogP contribution in [-0.2, 0) is 9.63 Å². The Morgan fingerprint density at radius 1 is 1.00 bits per heavy atom. The molecule has 3 nitrogen and oxygen atoms in total. The first-order valence-corrected chi connectivity index (χ1v) is 6.37. The Morgan fingerprint density at radius 2 is 1.55 bits per heavy atom. The van der Waals surface area contributed by atoms with E-state index in [1.165, 1.54) is 6.92 Å². The molecule has 0 atom stereocenters. The molecule has 0 heterocycles. The van der Waals surface area contributed by atoms with Gasteiger partial charge in [0.2, 0.25) is 0 Å². The summed E-state index contributed by atoms with van der Waals surface area (Å²) in [6.07, 6.45) is 1.60. The zero-order valence-electron chi connectivity index (χ0n) is 11.0. The van der Waals surface area contributed by atoms with Crippen LogP contribution < -0.4 is 0 Å². The lowest BCUT2D eigenvalue weighted by molar-refractivity contribution is -0.140. The van der Waals surface area contributed by atoms with E-state index >= 15 is 0 Å². The maximum Gasteiger partial charge on any atom is 0.331 e. The van der Waals surface area contributed by atoms with Crippen molar-refractivity contribution in [3.8, 4) is 0 Å². The minimum atomic E-state index is -0.425. The Hall–Kier alpha value is -2.68. The van der Waals surface area contributed by atoms with Crippen LogP contribution in [0.1, 0.15) is 12.5 Å². The zero-order chi connectivity index (χ0) is 13.9. The molecule has 0 aliphatic carbocycles. The highest BCUT2D eigenvalue weighted by molar-refractivity contribution is 6.13. The van der Waals surface area contributed by atoms with E-state index in [0.29, 0.717) is 0 Å². The second kappa shape index (κ2) is 5.13. The number of carbonyl (C=O) groups excluding carboxylic acids is 1. The fourth-order valence-electron chi connectivity index (χ4n) is 2.34. The zero-order valence-corrected chi connectivity index (χ0v) is 11.0. The van der Waals surface area contributed by atoms with Crippen molar-refractivity contribution < 1.29 is 9.63 Å². The molecule has 0 saturated heterocycles. The number of fused-ring (bicyclic) bond motifs is 2. The summed E-state index contributed by atoms with van der Waals surface area (Å²) in [5.41, 5.74) is 0.958. The number of hydrogen-bond acceptors (Lipinski definition) is 3. The van der Waals surface area contributed by atoms with E-state index in [0.717, 1.165) is 27.1 Å². The largest absolute Gasteiger partial charge is 0.331 e. The quantitative estimate of drug-likeness (QED) is 0.304.